The lowest BCUT2D eigenvalue weighted by Gasteiger charge is -2.38. The number of nitrogens with zero attached hydrogens (tertiary/aromatic N) is 2. The van der Waals surface area contributed by atoms with Gasteiger partial charge in [-0.3, -0.25) is 4.90 Å². The number of benzene rings is 1. The first kappa shape index (κ1) is 19.7. The third-order valence-electron chi connectivity index (χ3n) is 5.45. The second kappa shape index (κ2) is 7.18. The number of hydrogen-bond donors (Lipinski definition) is 0. The van der Waals surface area contributed by atoms with Crippen LogP contribution in [0.5, 0.6) is 0 Å². The molecule has 0 amide bonds. The van der Waals surface area contributed by atoms with E-state index >= 15 is 0 Å². The Morgan fingerprint density at radius 2 is 1.81 bits per heavy atom. The van der Waals surface area contributed by atoms with Crippen LogP contribution in [0.15, 0.2) is 23.1 Å². The summed E-state index contributed by atoms with van der Waals surface area (Å²) in [6, 6.07) is 3.10. The molecule has 2 saturated heterocycles. The van der Waals surface area contributed by atoms with Crippen molar-refractivity contribution >= 4 is 19.7 Å². The molecule has 0 radical (unpaired) electrons. The van der Waals surface area contributed by atoms with Gasteiger partial charge in [0.1, 0.15) is 5.82 Å². The van der Waals surface area contributed by atoms with E-state index in [1.54, 1.807) is 0 Å². The summed E-state index contributed by atoms with van der Waals surface area (Å²) in [6.45, 7) is 7.41. The van der Waals surface area contributed by atoms with Crippen LogP contribution in [0.1, 0.15) is 12.5 Å². The van der Waals surface area contributed by atoms with Crippen LogP contribution in [0.3, 0.4) is 0 Å². The Labute approximate surface area is 154 Å². The molecular weight excluding hydrogens is 379 g/mol. The summed E-state index contributed by atoms with van der Waals surface area (Å²) in [5, 5.41) is -1.01. The highest BCUT2D eigenvalue weighted by Crippen LogP contribution is 2.30. The summed E-state index contributed by atoms with van der Waals surface area (Å²) >= 11 is 0. The normalized spacial score (nSPS) is 27.7. The van der Waals surface area contributed by atoms with E-state index in [4.69, 9.17) is 0 Å². The largest absolute Gasteiger partial charge is 0.301 e. The lowest BCUT2D eigenvalue weighted by Crippen LogP contribution is -2.54. The molecule has 146 valence electrons. The van der Waals surface area contributed by atoms with Crippen LogP contribution in [-0.4, -0.2) is 82.2 Å². The number of aryl methyl sites for hydroxylation is 1. The summed E-state index contributed by atoms with van der Waals surface area (Å²) in [4.78, 5) is 4.25. The third kappa shape index (κ3) is 3.81. The van der Waals surface area contributed by atoms with Crippen molar-refractivity contribution in [1.82, 2.24) is 9.80 Å². The van der Waals surface area contributed by atoms with Gasteiger partial charge in [-0.1, -0.05) is 6.92 Å². The molecule has 26 heavy (non-hydrogen) atoms. The summed E-state index contributed by atoms with van der Waals surface area (Å²) in [5.74, 6) is -0.983. The standard InChI is InChI=1S/C17H25FN2O4S2/c1-3-19-6-8-20(9-7-19)16-11-25(21,22)12-17(16)26(23,24)14-4-5-15(18)13(2)10-14/h4-5,10,16-17H,3,6-9,11-12H2,1-2H3/t16-,17-/m0/s1. The van der Waals surface area contributed by atoms with Crippen molar-refractivity contribution in [3.8, 4) is 0 Å². The highest BCUT2D eigenvalue weighted by atomic mass is 32.2. The van der Waals surface area contributed by atoms with Crippen LogP contribution in [0.25, 0.3) is 0 Å². The zero-order valence-corrected chi connectivity index (χ0v) is 16.7. The predicted octanol–water partition coefficient (Wildman–Crippen LogP) is 0.711. The highest BCUT2D eigenvalue weighted by Gasteiger charge is 2.48. The van der Waals surface area contributed by atoms with Gasteiger partial charge in [0.15, 0.2) is 19.7 Å². The Morgan fingerprint density at radius 3 is 2.38 bits per heavy atom. The van der Waals surface area contributed by atoms with Gasteiger partial charge in [0.2, 0.25) is 0 Å². The number of halogens is 1. The molecule has 0 bridgehead atoms. The van der Waals surface area contributed by atoms with Crippen molar-refractivity contribution in [2.45, 2.75) is 30.0 Å². The molecule has 1 aromatic rings. The van der Waals surface area contributed by atoms with Crippen molar-refractivity contribution in [3.63, 3.8) is 0 Å². The Balaban J connectivity index is 1.91. The minimum Gasteiger partial charge on any atom is -0.301 e. The van der Waals surface area contributed by atoms with E-state index in [0.29, 0.717) is 13.1 Å². The average Bonchev–Trinajstić information content (AvgIpc) is 2.94. The first-order chi connectivity index (χ1) is 12.1. The fourth-order valence-electron chi connectivity index (χ4n) is 3.81. The van der Waals surface area contributed by atoms with Crippen LogP contribution >= 0.6 is 0 Å². The van der Waals surface area contributed by atoms with Crippen LogP contribution in [0.2, 0.25) is 0 Å². The molecule has 2 atom stereocenters. The molecule has 1 aromatic carbocycles. The molecule has 2 aliphatic rings. The Morgan fingerprint density at radius 1 is 1.15 bits per heavy atom. The summed E-state index contributed by atoms with van der Waals surface area (Å²) in [5.41, 5.74) is 0.236. The number of rotatable bonds is 4. The fraction of sp³-hybridized carbons (Fsp3) is 0.647. The van der Waals surface area contributed by atoms with E-state index in [9.17, 15) is 21.2 Å². The van der Waals surface area contributed by atoms with Crippen LogP contribution in [0, 0.1) is 12.7 Å². The van der Waals surface area contributed by atoms with Crippen LogP contribution in [-0.2, 0) is 19.7 Å². The third-order valence-corrected chi connectivity index (χ3v) is 9.57. The van der Waals surface area contributed by atoms with Crippen molar-refractivity contribution in [1.29, 1.82) is 0 Å². The maximum atomic E-state index is 13.5. The number of hydrogen-bond acceptors (Lipinski definition) is 6. The molecule has 3 rings (SSSR count). The zero-order valence-electron chi connectivity index (χ0n) is 15.1. The first-order valence-corrected chi connectivity index (χ1v) is 12.2. The molecule has 9 heteroatoms. The van der Waals surface area contributed by atoms with Gasteiger partial charge in [-0.05, 0) is 37.2 Å². The molecule has 0 unspecified atom stereocenters. The average molecular weight is 405 g/mol. The second-order valence-corrected chi connectivity index (χ2v) is 11.4. The van der Waals surface area contributed by atoms with Crippen LogP contribution < -0.4 is 0 Å². The minimum atomic E-state index is -3.87. The van der Waals surface area contributed by atoms with E-state index in [2.05, 4.69) is 11.8 Å². The van der Waals surface area contributed by atoms with Gasteiger partial charge in [-0.2, -0.15) is 0 Å². The van der Waals surface area contributed by atoms with Gasteiger partial charge in [0.05, 0.1) is 21.7 Å². The van der Waals surface area contributed by atoms with Gasteiger partial charge in [-0.25, -0.2) is 21.2 Å². The Hall–Kier alpha value is -1.03. The van der Waals surface area contributed by atoms with Crippen molar-refractivity contribution < 1.29 is 21.2 Å². The fourth-order valence-corrected chi connectivity index (χ4v) is 8.73. The molecule has 2 fully saturated rings. The van der Waals surface area contributed by atoms with E-state index in [0.717, 1.165) is 25.7 Å². The summed E-state index contributed by atoms with van der Waals surface area (Å²) in [7, 11) is -7.30. The smallest absolute Gasteiger partial charge is 0.183 e. The lowest BCUT2D eigenvalue weighted by molar-refractivity contribution is 0.109. The zero-order chi connectivity index (χ0) is 19.1. The lowest BCUT2D eigenvalue weighted by atomic mass is 10.2. The van der Waals surface area contributed by atoms with Crippen LogP contribution in [0.4, 0.5) is 4.39 Å². The summed E-state index contributed by atoms with van der Waals surface area (Å²) in [6.07, 6.45) is 0. The maximum absolute atomic E-state index is 13.5. The predicted molar refractivity (Wildman–Crippen MR) is 98.2 cm³/mol. The molecule has 0 aliphatic carbocycles. The van der Waals surface area contributed by atoms with E-state index < -0.39 is 36.8 Å². The monoisotopic (exact) mass is 404 g/mol. The highest BCUT2D eigenvalue weighted by molar-refractivity contribution is 7.96. The molecule has 0 N–H and O–H groups in total. The molecule has 6 nitrogen and oxygen atoms in total. The number of likely N-dealkylation sites (N-methyl/N-ethyl adjacent to an activating group) is 1. The topological polar surface area (TPSA) is 74.8 Å². The van der Waals surface area contributed by atoms with Crippen molar-refractivity contribution in [2.24, 2.45) is 0 Å². The molecule has 2 aliphatic heterocycles. The number of piperazine rings is 1. The van der Waals surface area contributed by atoms with E-state index in [1.807, 2.05) is 4.90 Å². The van der Waals surface area contributed by atoms with Gasteiger partial charge in [-0.15, -0.1) is 0 Å². The Kier molecular flexibility index (Phi) is 5.45. The van der Waals surface area contributed by atoms with E-state index in [1.165, 1.54) is 19.1 Å². The van der Waals surface area contributed by atoms with Crippen molar-refractivity contribution in [2.75, 3.05) is 44.2 Å². The minimum absolute atomic E-state index is 0.00399. The number of sulfone groups is 2. The molecule has 2 heterocycles. The van der Waals surface area contributed by atoms with Gasteiger partial charge >= 0.3 is 0 Å². The molecule has 0 saturated carbocycles. The second-order valence-electron chi connectivity index (χ2n) is 7.11. The Bertz CT molecular complexity index is 878. The van der Waals surface area contributed by atoms with Gasteiger partial charge in [0, 0.05) is 32.2 Å². The van der Waals surface area contributed by atoms with E-state index in [-0.39, 0.29) is 22.0 Å². The molecule has 0 spiro atoms. The molecule has 0 aromatic heterocycles. The quantitative estimate of drug-likeness (QED) is 0.688. The SMILES string of the molecule is CCN1CCN([C@H]2CS(=O)(=O)C[C@@H]2S(=O)(=O)c2ccc(F)c(C)c2)CC1. The molecular formula is C17H25FN2O4S2. The van der Waals surface area contributed by atoms with Crippen molar-refractivity contribution in [3.05, 3.63) is 29.6 Å². The van der Waals surface area contributed by atoms with Gasteiger partial charge in [0.25, 0.3) is 0 Å². The van der Waals surface area contributed by atoms with Gasteiger partial charge < -0.3 is 4.90 Å². The summed E-state index contributed by atoms with van der Waals surface area (Å²) < 4.78 is 64.3. The maximum Gasteiger partial charge on any atom is 0.183 e. The first-order valence-electron chi connectivity index (χ1n) is 8.81.